The van der Waals surface area contributed by atoms with Gasteiger partial charge < -0.3 is 0 Å². The van der Waals surface area contributed by atoms with E-state index in [4.69, 9.17) is 11.6 Å². The molecule has 15 heavy (non-hydrogen) atoms. The maximum absolute atomic E-state index is 5.93. The van der Waals surface area contributed by atoms with Crippen LogP contribution in [0, 0.1) is 6.07 Å². The lowest BCUT2D eigenvalue weighted by atomic mass is 9.98. The first-order chi connectivity index (χ1) is 7.31. The zero-order valence-corrected chi connectivity index (χ0v) is 9.38. The monoisotopic (exact) mass is 215 g/mol. The standard InChI is InChI=1S/C14H12Cl/c1-2-11-10-13(15)8-9-14(11)12-6-4-3-5-7-12/h3-9H,2H2,1H3. The molecule has 0 aliphatic carbocycles. The van der Waals surface area contributed by atoms with Gasteiger partial charge in [0.25, 0.3) is 0 Å². The molecule has 75 valence electrons. The lowest BCUT2D eigenvalue weighted by Gasteiger charge is -2.07. The maximum atomic E-state index is 5.93. The van der Waals surface area contributed by atoms with Gasteiger partial charge >= 0.3 is 0 Å². The minimum absolute atomic E-state index is 0.687. The van der Waals surface area contributed by atoms with E-state index >= 15 is 0 Å². The van der Waals surface area contributed by atoms with E-state index in [0.717, 1.165) is 6.42 Å². The zero-order valence-electron chi connectivity index (χ0n) is 8.63. The Hall–Kier alpha value is -1.27. The summed E-state index contributed by atoms with van der Waals surface area (Å²) in [5.74, 6) is 0. The van der Waals surface area contributed by atoms with Crippen LogP contribution in [0.3, 0.4) is 0 Å². The maximum Gasteiger partial charge on any atom is 0.0488 e. The number of aryl methyl sites for hydroxylation is 1. The Labute approximate surface area is 95.5 Å². The smallest absolute Gasteiger partial charge is 0.0488 e. The average Bonchev–Trinajstić information content (AvgIpc) is 2.30. The number of hydrogen-bond donors (Lipinski definition) is 0. The predicted octanol–water partition coefficient (Wildman–Crippen LogP) is 4.37. The first-order valence-electron chi connectivity index (χ1n) is 5.07. The van der Waals surface area contributed by atoms with Crippen LogP contribution in [0.2, 0.25) is 5.02 Å². The molecule has 2 aromatic carbocycles. The summed E-state index contributed by atoms with van der Waals surface area (Å²) in [6.45, 7) is 2.12. The minimum atomic E-state index is 0.687. The third-order valence-electron chi connectivity index (χ3n) is 2.43. The molecule has 0 atom stereocenters. The van der Waals surface area contributed by atoms with E-state index in [1.807, 2.05) is 24.3 Å². The van der Waals surface area contributed by atoms with Gasteiger partial charge in [-0.3, -0.25) is 0 Å². The van der Waals surface area contributed by atoms with Crippen LogP contribution in [-0.2, 0) is 6.42 Å². The third-order valence-corrected chi connectivity index (χ3v) is 2.65. The minimum Gasteiger partial charge on any atom is -0.0837 e. The highest BCUT2D eigenvalue weighted by Gasteiger charge is 2.03. The van der Waals surface area contributed by atoms with Gasteiger partial charge in [0, 0.05) is 11.1 Å². The highest BCUT2D eigenvalue weighted by molar-refractivity contribution is 6.30. The molecule has 0 bridgehead atoms. The number of benzene rings is 2. The number of halogens is 1. The van der Waals surface area contributed by atoms with E-state index in [1.54, 1.807) is 0 Å². The van der Waals surface area contributed by atoms with Crippen LogP contribution >= 0.6 is 11.6 Å². The molecule has 1 heteroatoms. The van der Waals surface area contributed by atoms with Crippen molar-refractivity contribution in [1.29, 1.82) is 0 Å². The van der Waals surface area contributed by atoms with Crippen molar-refractivity contribution in [2.24, 2.45) is 0 Å². The largest absolute Gasteiger partial charge is 0.0837 e. The second-order valence-electron chi connectivity index (χ2n) is 3.42. The molecule has 0 N–H and O–H groups in total. The van der Waals surface area contributed by atoms with Crippen molar-refractivity contribution < 1.29 is 0 Å². The summed E-state index contributed by atoms with van der Waals surface area (Å²) < 4.78 is 0. The lowest BCUT2D eigenvalue weighted by molar-refractivity contribution is 1.14. The molecule has 0 saturated heterocycles. The first-order valence-corrected chi connectivity index (χ1v) is 5.45. The lowest BCUT2D eigenvalue weighted by Crippen LogP contribution is -1.87. The van der Waals surface area contributed by atoms with Gasteiger partial charge in [-0.1, -0.05) is 54.9 Å². The first kappa shape index (κ1) is 10.3. The summed E-state index contributed by atoms with van der Waals surface area (Å²) in [5, 5.41) is 0.687. The summed E-state index contributed by atoms with van der Waals surface area (Å²) in [4.78, 5) is 0. The summed E-state index contributed by atoms with van der Waals surface area (Å²) in [6.07, 6.45) is 0.949. The van der Waals surface area contributed by atoms with E-state index in [-0.39, 0.29) is 0 Å². The van der Waals surface area contributed by atoms with Gasteiger partial charge in [-0.15, -0.1) is 0 Å². The van der Waals surface area contributed by atoms with E-state index in [1.165, 1.54) is 16.7 Å². The Morgan fingerprint density at radius 2 is 1.80 bits per heavy atom. The molecule has 0 amide bonds. The molecule has 0 spiro atoms. The van der Waals surface area contributed by atoms with Gasteiger partial charge in [-0.05, 0) is 29.2 Å². The molecular weight excluding hydrogens is 204 g/mol. The van der Waals surface area contributed by atoms with E-state index in [0.29, 0.717) is 5.02 Å². The fourth-order valence-electron chi connectivity index (χ4n) is 1.68. The van der Waals surface area contributed by atoms with Gasteiger partial charge in [0.05, 0.1) is 0 Å². The Morgan fingerprint density at radius 3 is 2.47 bits per heavy atom. The summed E-state index contributed by atoms with van der Waals surface area (Å²) in [7, 11) is 0. The molecule has 2 aromatic rings. The van der Waals surface area contributed by atoms with E-state index in [2.05, 4.69) is 31.2 Å². The van der Waals surface area contributed by atoms with Crippen molar-refractivity contribution >= 4 is 11.6 Å². The molecule has 0 unspecified atom stereocenters. The Kier molecular flexibility index (Phi) is 3.08. The van der Waals surface area contributed by atoms with Gasteiger partial charge in [0.2, 0.25) is 0 Å². The molecule has 0 nitrogen and oxygen atoms in total. The molecule has 0 saturated carbocycles. The topological polar surface area (TPSA) is 0 Å². The van der Waals surface area contributed by atoms with Gasteiger partial charge in [-0.25, -0.2) is 0 Å². The summed E-state index contributed by atoms with van der Waals surface area (Å²) in [6, 6.07) is 17.5. The van der Waals surface area contributed by atoms with Crippen LogP contribution in [0.1, 0.15) is 12.5 Å². The van der Waals surface area contributed by atoms with Crippen LogP contribution in [0.4, 0.5) is 0 Å². The zero-order chi connectivity index (χ0) is 10.7. The third kappa shape index (κ3) is 2.21. The normalized spacial score (nSPS) is 10.3. The van der Waals surface area contributed by atoms with Crippen molar-refractivity contribution in [1.82, 2.24) is 0 Å². The Morgan fingerprint density at radius 1 is 1.07 bits per heavy atom. The van der Waals surface area contributed by atoms with Crippen LogP contribution < -0.4 is 0 Å². The fraction of sp³-hybridized carbons (Fsp3) is 0.143. The Balaban J connectivity index is 2.53. The second-order valence-corrected chi connectivity index (χ2v) is 3.83. The van der Waals surface area contributed by atoms with Crippen LogP contribution in [0.15, 0.2) is 42.5 Å². The Bertz CT molecular complexity index is 446. The highest BCUT2D eigenvalue weighted by atomic mass is 35.5. The number of hydrogen-bond acceptors (Lipinski definition) is 0. The van der Waals surface area contributed by atoms with Crippen molar-refractivity contribution in [3.05, 3.63) is 59.1 Å². The fourth-order valence-corrected chi connectivity index (χ4v) is 1.85. The SMILES string of the molecule is CCc1[c]c(Cl)ccc1-c1ccccc1. The van der Waals surface area contributed by atoms with Crippen LogP contribution in [0.25, 0.3) is 11.1 Å². The van der Waals surface area contributed by atoms with Crippen LogP contribution in [0.5, 0.6) is 0 Å². The summed E-state index contributed by atoms with van der Waals surface area (Å²) in [5.41, 5.74) is 3.62. The van der Waals surface area contributed by atoms with E-state index in [9.17, 15) is 0 Å². The summed E-state index contributed by atoms with van der Waals surface area (Å²) >= 11 is 5.93. The van der Waals surface area contributed by atoms with E-state index < -0.39 is 0 Å². The molecule has 0 aliphatic rings. The molecule has 0 fully saturated rings. The molecule has 0 aromatic heterocycles. The van der Waals surface area contributed by atoms with Gasteiger partial charge in [0.15, 0.2) is 0 Å². The molecule has 0 aliphatic heterocycles. The van der Waals surface area contributed by atoms with Crippen molar-refractivity contribution in [2.75, 3.05) is 0 Å². The average molecular weight is 216 g/mol. The second kappa shape index (κ2) is 4.50. The molecule has 2 rings (SSSR count). The van der Waals surface area contributed by atoms with Gasteiger partial charge in [0.1, 0.15) is 0 Å². The quantitative estimate of drug-likeness (QED) is 0.698. The van der Waals surface area contributed by atoms with Crippen molar-refractivity contribution in [3.63, 3.8) is 0 Å². The highest BCUT2D eigenvalue weighted by Crippen LogP contribution is 2.26. The number of rotatable bonds is 2. The van der Waals surface area contributed by atoms with Gasteiger partial charge in [-0.2, -0.15) is 0 Å². The van der Waals surface area contributed by atoms with Crippen LogP contribution in [-0.4, -0.2) is 0 Å². The van der Waals surface area contributed by atoms with Crippen molar-refractivity contribution in [2.45, 2.75) is 13.3 Å². The molecule has 0 heterocycles. The molecular formula is C14H12Cl. The predicted molar refractivity (Wildman–Crippen MR) is 65.1 cm³/mol. The molecule has 1 radical (unpaired) electrons. The van der Waals surface area contributed by atoms with Crippen molar-refractivity contribution in [3.8, 4) is 11.1 Å².